The van der Waals surface area contributed by atoms with Gasteiger partial charge in [0.25, 0.3) is 5.91 Å². The van der Waals surface area contributed by atoms with Crippen molar-refractivity contribution in [2.24, 2.45) is 0 Å². The third kappa shape index (κ3) is 4.08. The fourth-order valence-corrected chi connectivity index (χ4v) is 4.80. The first-order chi connectivity index (χ1) is 14.9. The van der Waals surface area contributed by atoms with Gasteiger partial charge in [-0.1, -0.05) is 0 Å². The minimum atomic E-state index is -2.02. The zero-order valence-corrected chi connectivity index (χ0v) is 18.1. The number of benzene rings is 2. The molecule has 0 radical (unpaired) electrons. The van der Waals surface area contributed by atoms with Crippen molar-refractivity contribution in [1.29, 1.82) is 0 Å². The normalized spacial score (nSPS) is 18.1. The van der Waals surface area contributed by atoms with Crippen molar-refractivity contribution in [2.75, 3.05) is 32.5 Å². The summed E-state index contributed by atoms with van der Waals surface area (Å²) in [5.74, 6) is -0.277. The lowest BCUT2D eigenvalue weighted by Crippen LogP contribution is -2.35. The largest absolute Gasteiger partial charge is 0.455 e. The quantitative estimate of drug-likeness (QED) is 0.517. The van der Waals surface area contributed by atoms with Crippen LogP contribution >= 0.6 is 0 Å². The van der Waals surface area contributed by atoms with E-state index in [4.69, 9.17) is 4.42 Å². The van der Waals surface area contributed by atoms with Crippen molar-refractivity contribution in [3.05, 3.63) is 53.3 Å². The molecule has 7 nitrogen and oxygen atoms in total. The molecule has 1 aliphatic rings. The Morgan fingerprint density at radius 2 is 2.00 bits per heavy atom. The molecule has 2 atom stereocenters. The number of amides is 1. The number of piperidine rings is 1. The molecular formula is C22H24FN3O4S. The summed E-state index contributed by atoms with van der Waals surface area (Å²) in [6, 6.07) is 9.58. The van der Waals surface area contributed by atoms with Gasteiger partial charge in [-0.3, -0.25) is 9.35 Å². The molecule has 9 heteroatoms. The molecule has 1 saturated heterocycles. The lowest BCUT2D eigenvalue weighted by atomic mass is 9.89. The average Bonchev–Trinajstić information content (AvgIpc) is 3.16. The molecule has 2 unspecified atom stereocenters. The Hall–Kier alpha value is -2.75. The van der Waals surface area contributed by atoms with Crippen molar-refractivity contribution < 1.29 is 22.4 Å². The first-order valence-corrected chi connectivity index (χ1v) is 11.1. The molecule has 0 bridgehead atoms. The van der Waals surface area contributed by atoms with Crippen LogP contribution in [0.4, 0.5) is 10.1 Å². The van der Waals surface area contributed by atoms with Crippen molar-refractivity contribution >= 4 is 33.8 Å². The van der Waals surface area contributed by atoms with Crippen LogP contribution in [0.2, 0.25) is 0 Å². The Morgan fingerprint density at radius 3 is 2.65 bits per heavy atom. The third-order valence-corrected chi connectivity index (χ3v) is 6.51. The van der Waals surface area contributed by atoms with Gasteiger partial charge in [0.05, 0.1) is 5.56 Å². The molecular weight excluding hydrogens is 421 g/mol. The van der Waals surface area contributed by atoms with Crippen LogP contribution in [0.3, 0.4) is 0 Å². The van der Waals surface area contributed by atoms with Crippen LogP contribution in [0, 0.1) is 5.82 Å². The summed E-state index contributed by atoms with van der Waals surface area (Å²) in [7, 11) is 3.35. The van der Waals surface area contributed by atoms with Gasteiger partial charge in [0, 0.05) is 49.9 Å². The van der Waals surface area contributed by atoms with Gasteiger partial charge in [0.1, 0.15) is 17.2 Å². The number of fused-ring (bicyclic) bond motifs is 1. The molecule has 0 spiro atoms. The predicted octanol–water partition coefficient (Wildman–Crippen LogP) is 3.96. The SMILES string of the molecule is CNC(=O)c1c(-c2ccc(F)cc2)oc2cc(NC)c(C3CCCN(S(=O)O)C3)cc12. The van der Waals surface area contributed by atoms with Gasteiger partial charge in [-0.15, -0.1) is 0 Å². The van der Waals surface area contributed by atoms with Gasteiger partial charge >= 0.3 is 0 Å². The second kappa shape index (κ2) is 8.78. The van der Waals surface area contributed by atoms with E-state index < -0.39 is 11.3 Å². The van der Waals surface area contributed by atoms with E-state index in [1.807, 2.05) is 12.1 Å². The molecule has 3 aromatic rings. The maximum Gasteiger partial charge on any atom is 0.255 e. The Kier molecular flexibility index (Phi) is 6.08. The fourth-order valence-electron chi connectivity index (χ4n) is 4.21. The average molecular weight is 446 g/mol. The van der Waals surface area contributed by atoms with Gasteiger partial charge in [-0.2, -0.15) is 0 Å². The van der Waals surface area contributed by atoms with Crippen LogP contribution in [-0.2, 0) is 11.3 Å². The monoisotopic (exact) mass is 445 g/mol. The highest BCUT2D eigenvalue weighted by molar-refractivity contribution is 7.76. The molecule has 2 aromatic carbocycles. The van der Waals surface area contributed by atoms with Gasteiger partial charge in [0.2, 0.25) is 11.3 Å². The summed E-state index contributed by atoms with van der Waals surface area (Å²) < 4.78 is 42.1. The van der Waals surface area contributed by atoms with Crippen LogP contribution in [-0.4, -0.2) is 46.2 Å². The molecule has 1 aromatic heterocycles. The Morgan fingerprint density at radius 1 is 1.26 bits per heavy atom. The first-order valence-electron chi connectivity index (χ1n) is 10.0. The third-order valence-electron chi connectivity index (χ3n) is 5.73. The van der Waals surface area contributed by atoms with Crippen LogP contribution < -0.4 is 10.6 Å². The number of anilines is 1. The molecule has 0 aliphatic carbocycles. The van der Waals surface area contributed by atoms with Crippen molar-refractivity contribution in [2.45, 2.75) is 18.8 Å². The predicted molar refractivity (Wildman–Crippen MR) is 119 cm³/mol. The van der Waals surface area contributed by atoms with E-state index in [0.717, 1.165) is 24.1 Å². The summed E-state index contributed by atoms with van der Waals surface area (Å²) in [5.41, 5.74) is 3.31. The molecule has 31 heavy (non-hydrogen) atoms. The second-order valence-corrected chi connectivity index (χ2v) is 8.51. The second-order valence-electron chi connectivity index (χ2n) is 7.54. The van der Waals surface area contributed by atoms with E-state index in [-0.39, 0.29) is 17.6 Å². The number of hydrogen-bond donors (Lipinski definition) is 3. The number of carbonyl (C=O) groups excluding carboxylic acids is 1. The van der Waals surface area contributed by atoms with E-state index in [1.165, 1.54) is 16.4 Å². The topological polar surface area (TPSA) is 94.8 Å². The zero-order valence-electron chi connectivity index (χ0n) is 17.3. The van der Waals surface area contributed by atoms with Crippen molar-refractivity contribution in [1.82, 2.24) is 9.62 Å². The molecule has 1 fully saturated rings. The first kappa shape index (κ1) is 21.5. The van der Waals surface area contributed by atoms with Gasteiger partial charge < -0.3 is 15.1 Å². The number of nitrogens with one attached hydrogen (secondary N) is 2. The highest BCUT2D eigenvalue weighted by Gasteiger charge is 2.28. The molecule has 1 aliphatic heterocycles. The molecule has 0 saturated carbocycles. The molecule has 3 N–H and O–H groups in total. The van der Waals surface area contributed by atoms with E-state index in [2.05, 4.69) is 10.6 Å². The van der Waals surface area contributed by atoms with Crippen LogP contribution in [0.15, 0.2) is 40.8 Å². The van der Waals surface area contributed by atoms with Crippen LogP contribution in [0.25, 0.3) is 22.3 Å². The van der Waals surface area contributed by atoms with E-state index in [1.54, 1.807) is 26.2 Å². The zero-order chi connectivity index (χ0) is 22.1. The molecule has 4 rings (SSSR count). The minimum absolute atomic E-state index is 0.0263. The summed E-state index contributed by atoms with van der Waals surface area (Å²) in [4.78, 5) is 12.8. The Bertz CT molecular complexity index is 1150. The number of carbonyl (C=O) groups is 1. The minimum Gasteiger partial charge on any atom is -0.455 e. The maximum absolute atomic E-state index is 13.4. The summed E-state index contributed by atoms with van der Waals surface area (Å²) in [6.07, 6.45) is 1.67. The number of halogens is 1. The van der Waals surface area contributed by atoms with Gasteiger partial charge in [0.15, 0.2) is 0 Å². The molecule has 164 valence electrons. The van der Waals surface area contributed by atoms with E-state index in [0.29, 0.717) is 40.9 Å². The summed E-state index contributed by atoms with van der Waals surface area (Å²) >= 11 is -2.02. The van der Waals surface area contributed by atoms with Crippen LogP contribution in [0.5, 0.6) is 0 Å². The fraction of sp³-hybridized carbons (Fsp3) is 0.318. The molecule has 1 amide bonds. The smallest absolute Gasteiger partial charge is 0.255 e. The summed E-state index contributed by atoms with van der Waals surface area (Å²) in [6.45, 7) is 1.02. The number of hydrogen-bond acceptors (Lipinski definition) is 4. The van der Waals surface area contributed by atoms with Crippen LogP contribution in [0.1, 0.15) is 34.7 Å². The van der Waals surface area contributed by atoms with Gasteiger partial charge in [-0.25, -0.2) is 12.9 Å². The lowest BCUT2D eigenvalue weighted by Gasteiger charge is -2.31. The van der Waals surface area contributed by atoms with Crippen molar-refractivity contribution in [3.8, 4) is 11.3 Å². The number of nitrogens with zero attached hydrogens (tertiary/aromatic N) is 1. The number of rotatable bonds is 5. The van der Waals surface area contributed by atoms with E-state index >= 15 is 0 Å². The maximum atomic E-state index is 13.4. The Balaban J connectivity index is 1.88. The van der Waals surface area contributed by atoms with Crippen molar-refractivity contribution in [3.63, 3.8) is 0 Å². The lowest BCUT2D eigenvalue weighted by molar-refractivity contribution is 0.0964. The molecule has 2 heterocycles. The van der Waals surface area contributed by atoms with Gasteiger partial charge in [-0.05, 0) is 54.7 Å². The standard InChI is InChI=1S/C22H24FN3O4S/c1-24-18-11-19-17(10-16(18)14-4-3-9-26(12-14)31(28)29)20(22(27)25-2)21(30-19)13-5-7-15(23)8-6-13/h5-8,10-11,14,24H,3-4,9,12H2,1-2H3,(H,25,27)(H,28,29). The Labute approximate surface area is 182 Å². The van der Waals surface area contributed by atoms with E-state index in [9.17, 15) is 17.9 Å². The number of furan rings is 1. The summed E-state index contributed by atoms with van der Waals surface area (Å²) in [5, 5.41) is 6.49. The highest BCUT2D eigenvalue weighted by atomic mass is 32.2. The highest BCUT2D eigenvalue weighted by Crippen LogP contribution is 2.40.